The van der Waals surface area contributed by atoms with Gasteiger partial charge in [-0.05, 0) is 42.7 Å². The highest BCUT2D eigenvalue weighted by Crippen LogP contribution is 2.35. The average Bonchev–Trinajstić information content (AvgIpc) is 2.60. The molecule has 0 heterocycles. The molecule has 0 unspecified atom stereocenters. The van der Waals surface area contributed by atoms with Crippen molar-refractivity contribution in [2.24, 2.45) is 17.8 Å². The van der Waals surface area contributed by atoms with Crippen molar-refractivity contribution < 1.29 is 23.8 Å². The summed E-state index contributed by atoms with van der Waals surface area (Å²) in [5.41, 5.74) is 0.193. The van der Waals surface area contributed by atoms with E-state index >= 15 is 0 Å². The second kappa shape index (κ2) is 8.37. The van der Waals surface area contributed by atoms with E-state index in [1.54, 1.807) is 12.1 Å². The fourth-order valence-electron chi connectivity index (χ4n) is 3.54. The van der Waals surface area contributed by atoms with E-state index in [1.165, 1.54) is 20.3 Å². The Labute approximate surface area is 149 Å². The van der Waals surface area contributed by atoms with Crippen LogP contribution in [0.5, 0.6) is 11.5 Å². The van der Waals surface area contributed by atoms with Crippen molar-refractivity contribution in [3.63, 3.8) is 0 Å². The quantitative estimate of drug-likeness (QED) is 0.443. The van der Waals surface area contributed by atoms with E-state index in [-0.39, 0.29) is 11.7 Å². The molecule has 2 rings (SSSR count). The van der Waals surface area contributed by atoms with Crippen molar-refractivity contribution in [2.45, 2.75) is 46.1 Å². The Balaban J connectivity index is 2.15. The fraction of sp³-hybridized carbons (Fsp3) is 0.600. The molecule has 0 bridgehead atoms. The first kappa shape index (κ1) is 19.3. The molecular weight excluding hydrogens is 320 g/mol. The lowest BCUT2D eigenvalue weighted by Crippen LogP contribution is -2.37. The molecule has 5 heteroatoms. The first-order chi connectivity index (χ1) is 11.9. The third kappa shape index (κ3) is 4.53. The smallest absolute Gasteiger partial charge is 0.380 e. The molecule has 0 aliphatic heterocycles. The van der Waals surface area contributed by atoms with Crippen LogP contribution in [-0.2, 0) is 9.53 Å². The van der Waals surface area contributed by atoms with Crippen molar-refractivity contribution in [3.8, 4) is 11.5 Å². The van der Waals surface area contributed by atoms with Crippen LogP contribution >= 0.6 is 0 Å². The van der Waals surface area contributed by atoms with Crippen LogP contribution in [0.15, 0.2) is 18.2 Å². The summed E-state index contributed by atoms with van der Waals surface area (Å²) in [6.07, 6.45) is 2.76. The Hall–Kier alpha value is -2.04. The zero-order valence-electron chi connectivity index (χ0n) is 15.7. The van der Waals surface area contributed by atoms with Crippen molar-refractivity contribution >= 4 is 11.8 Å². The average molecular weight is 348 g/mol. The first-order valence-corrected chi connectivity index (χ1v) is 8.84. The van der Waals surface area contributed by atoms with Gasteiger partial charge in [0.1, 0.15) is 17.6 Å². The molecule has 0 aromatic heterocycles. The topological polar surface area (TPSA) is 61.8 Å². The molecule has 0 radical (unpaired) electrons. The highest BCUT2D eigenvalue weighted by molar-refractivity contribution is 6.41. The lowest BCUT2D eigenvalue weighted by molar-refractivity contribution is -0.150. The lowest BCUT2D eigenvalue weighted by atomic mass is 9.75. The maximum atomic E-state index is 12.6. The van der Waals surface area contributed by atoms with E-state index in [9.17, 15) is 9.59 Å². The summed E-state index contributed by atoms with van der Waals surface area (Å²) in [7, 11) is 2.98. The normalized spacial score (nSPS) is 23.2. The zero-order valence-corrected chi connectivity index (χ0v) is 15.7. The van der Waals surface area contributed by atoms with E-state index < -0.39 is 11.8 Å². The molecule has 0 amide bonds. The minimum atomic E-state index is -0.812. The van der Waals surface area contributed by atoms with Gasteiger partial charge in [0.05, 0.1) is 19.8 Å². The summed E-state index contributed by atoms with van der Waals surface area (Å²) < 4.78 is 16.0. The monoisotopic (exact) mass is 348 g/mol. The van der Waals surface area contributed by atoms with Gasteiger partial charge in [0, 0.05) is 6.07 Å². The van der Waals surface area contributed by atoms with Crippen molar-refractivity contribution in [3.05, 3.63) is 23.8 Å². The van der Waals surface area contributed by atoms with E-state index in [0.29, 0.717) is 29.3 Å². The van der Waals surface area contributed by atoms with Crippen LogP contribution in [0.25, 0.3) is 0 Å². The SMILES string of the molecule is COc1ccc(C(=O)C(=O)O[C@@H]2C[C@H](C)CC[C@H]2C(C)C)c(OC)c1. The molecule has 25 heavy (non-hydrogen) atoms. The van der Waals surface area contributed by atoms with Gasteiger partial charge in [0.25, 0.3) is 5.78 Å². The van der Waals surface area contributed by atoms with Crippen molar-refractivity contribution in [1.82, 2.24) is 0 Å². The molecule has 1 fully saturated rings. The Morgan fingerprint density at radius 1 is 1.12 bits per heavy atom. The second-order valence-corrected chi connectivity index (χ2v) is 7.17. The van der Waals surface area contributed by atoms with Gasteiger partial charge in [-0.1, -0.05) is 27.2 Å². The van der Waals surface area contributed by atoms with E-state index in [0.717, 1.165) is 19.3 Å². The Bertz CT molecular complexity index is 623. The summed E-state index contributed by atoms with van der Waals surface area (Å²) in [5, 5.41) is 0. The summed E-state index contributed by atoms with van der Waals surface area (Å²) in [4.78, 5) is 25.0. The molecule has 138 valence electrons. The van der Waals surface area contributed by atoms with Gasteiger partial charge in [-0.3, -0.25) is 4.79 Å². The Kier molecular flexibility index (Phi) is 6.45. The summed E-state index contributed by atoms with van der Waals surface area (Å²) in [6, 6.07) is 4.74. The minimum absolute atomic E-state index is 0.193. The predicted molar refractivity (Wildman–Crippen MR) is 95.1 cm³/mol. The minimum Gasteiger partial charge on any atom is -0.497 e. The number of Topliss-reactive ketones (excluding diaryl/α,β-unsaturated/α-hetero) is 1. The molecule has 1 aliphatic carbocycles. The Morgan fingerprint density at radius 2 is 1.84 bits per heavy atom. The number of carbonyl (C=O) groups excluding carboxylic acids is 2. The number of methoxy groups -OCH3 is 2. The van der Waals surface area contributed by atoms with E-state index in [4.69, 9.17) is 14.2 Å². The van der Waals surface area contributed by atoms with Gasteiger partial charge in [-0.2, -0.15) is 0 Å². The maximum Gasteiger partial charge on any atom is 0.380 e. The predicted octanol–water partition coefficient (Wildman–Crippen LogP) is 3.89. The van der Waals surface area contributed by atoms with Crippen LogP contribution < -0.4 is 9.47 Å². The third-order valence-electron chi connectivity index (χ3n) is 5.06. The van der Waals surface area contributed by atoms with E-state index in [2.05, 4.69) is 20.8 Å². The van der Waals surface area contributed by atoms with Gasteiger partial charge >= 0.3 is 5.97 Å². The molecule has 0 saturated heterocycles. The van der Waals surface area contributed by atoms with Gasteiger partial charge in [-0.15, -0.1) is 0 Å². The van der Waals surface area contributed by atoms with Crippen molar-refractivity contribution in [1.29, 1.82) is 0 Å². The van der Waals surface area contributed by atoms with E-state index in [1.807, 2.05) is 0 Å². The van der Waals surface area contributed by atoms with Crippen LogP contribution in [0.2, 0.25) is 0 Å². The zero-order chi connectivity index (χ0) is 18.6. The molecule has 1 aromatic rings. The summed E-state index contributed by atoms with van der Waals surface area (Å²) in [5.74, 6) is 0.579. The number of ketones is 1. The molecular formula is C20H28O5. The molecule has 3 atom stereocenters. The van der Waals surface area contributed by atoms with Crippen molar-refractivity contribution in [2.75, 3.05) is 14.2 Å². The molecule has 1 aromatic carbocycles. The molecule has 1 aliphatic rings. The van der Waals surface area contributed by atoms with Crippen LogP contribution in [0, 0.1) is 17.8 Å². The highest BCUT2D eigenvalue weighted by atomic mass is 16.5. The number of hydrogen-bond donors (Lipinski definition) is 0. The second-order valence-electron chi connectivity index (χ2n) is 7.17. The number of ether oxygens (including phenoxy) is 3. The molecule has 0 spiro atoms. The number of benzene rings is 1. The first-order valence-electron chi connectivity index (χ1n) is 8.84. The standard InChI is InChI=1S/C20H28O5/c1-12(2)15-8-6-13(3)10-18(15)25-20(22)19(21)16-9-7-14(23-4)11-17(16)24-5/h7,9,11-13,15,18H,6,8,10H2,1-5H3/t13-,15+,18-/m1/s1. The number of esters is 1. The number of hydrogen-bond acceptors (Lipinski definition) is 5. The van der Waals surface area contributed by atoms with Crippen LogP contribution in [-0.4, -0.2) is 32.1 Å². The summed E-state index contributed by atoms with van der Waals surface area (Å²) in [6.45, 7) is 6.43. The fourth-order valence-corrected chi connectivity index (χ4v) is 3.54. The molecule has 5 nitrogen and oxygen atoms in total. The number of rotatable bonds is 6. The highest BCUT2D eigenvalue weighted by Gasteiger charge is 2.35. The molecule has 0 N–H and O–H groups in total. The van der Waals surface area contributed by atoms with Gasteiger partial charge < -0.3 is 14.2 Å². The van der Waals surface area contributed by atoms with Crippen LogP contribution in [0.4, 0.5) is 0 Å². The number of carbonyl (C=O) groups is 2. The van der Waals surface area contributed by atoms with Crippen LogP contribution in [0.1, 0.15) is 50.4 Å². The largest absolute Gasteiger partial charge is 0.497 e. The molecule has 1 saturated carbocycles. The van der Waals surface area contributed by atoms with Crippen LogP contribution in [0.3, 0.4) is 0 Å². The van der Waals surface area contributed by atoms with Gasteiger partial charge in [0.2, 0.25) is 0 Å². The Morgan fingerprint density at radius 3 is 2.44 bits per heavy atom. The van der Waals surface area contributed by atoms with Gasteiger partial charge in [0.15, 0.2) is 0 Å². The lowest BCUT2D eigenvalue weighted by Gasteiger charge is -2.36. The maximum absolute atomic E-state index is 12.6. The summed E-state index contributed by atoms with van der Waals surface area (Å²) >= 11 is 0. The van der Waals surface area contributed by atoms with Gasteiger partial charge in [-0.25, -0.2) is 4.79 Å². The third-order valence-corrected chi connectivity index (χ3v) is 5.06.